The van der Waals surface area contributed by atoms with Crippen molar-refractivity contribution in [3.8, 4) is 0 Å². The zero-order chi connectivity index (χ0) is 17.9. The van der Waals surface area contributed by atoms with E-state index < -0.39 is 0 Å². The lowest BCUT2D eigenvalue weighted by Crippen LogP contribution is -2.57. The zero-order valence-electron chi connectivity index (χ0n) is 15.5. The van der Waals surface area contributed by atoms with Crippen molar-refractivity contribution in [1.82, 2.24) is 5.32 Å². The minimum absolute atomic E-state index is 0.0854. The average Bonchev–Trinajstić information content (AvgIpc) is 2.88. The smallest absolute Gasteiger partial charge is 0.251 e. The van der Waals surface area contributed by atoms with E-state index in [0.717, 1.165) is 17.8 Å². The van der Waals surface area contributed by atoms with Crippen LogP contribution in [-0.4, -0.2) is 23.9 Å². The molecule has 4 aliphatic carbocycles. The molecule has 4 heteroatoms. The molecule has 1 N–H and O–H groups in total. The van der Waals surface area contributed by atoms with Gasteiger partial charge in [-0.2, -0.15) is 0 Å². The number of nitrogens with one attached hydrogen (secondary N) is 1. The van der Waals surface area contributed by atoms with Crippen LogP contribution in [0.2, 0.25) is 0 Å². The van der Waals surface area contributed by atoms with Crippen molar-refractivity contribution in [2.45, 2.75) is 64.0 Å². The number of imide groups is 1. The number of carbonyl (C=O) groups is 2. The third-order valence-corrected chi connectivity index (χ3v) is 7.62. The van der Waals surface area contributed by atoms with Crippen LogP contribution in [0, 0.1) is 23.2 Å². The number of nitrogens with zero attached hydrogens (tertiary/aromatic N) is 1. The van der Waals surface area contributed by atoms with E-state index in [1.54, 1.807) is 0 Å². The van der Waals surface area contributed by atoms with Crippen molar-refractivity contribution in [3.63, 3.8) is 0 Å². The standard InChI is InChI=1S/C22H28N2O2/c1-14(22-11-15-7-16(12-22)9-17(8-15)13-22)23-19-10-20(25)24(21(19)26)18-5-3-2-4-6-18/h2-6,14-17,19,23H,7-13H2,1H3/t14-,15?,16?,17?,19+,22?/m0/s1. The Balaban J connectivity index is 1.32. The second-order valence-corrected chi connectivity index (χ2v) is 9.33. The predicted molar refractivity (Wildman–Crippen MR) is 101 cm³/mol. The Morgan fingerprint density at radius 1 is 1.00 bits per heavy atom. The molecule has 1 aliphatic heterocycles. The molecular formula is C22H28N2O2. The van der Waals surface area contributed by atoms with E-state index in [1.807, 2.05) is 30.3 Å². The van der Waals surface area contributed by atoms with Gasteiger partial charge in [0.05, 0.1) is 18.2 Å². The summed E-state index contributed by atoms with van der Waals surface area (Å²) in [5.74, 6) is 2.51. The molecule has 4 saturated carbocycles. The number of carbonyl (C=O) groups excluding carboxylic acids is 2. The molecule has 138 valence electrons. The van der Waals surface area contributed by atoms with Crippen molar-refractivity contribution in [3.05, 3.63) is 30.3 Å². The summed E-state index contributed by atoms with van der Waals surface area (Å²) >= 11 is 0. The molecule has 2 amide bonds. The maximum absolute atomic E-state index is 12.9. The van der Waals surface area contributed by atoms with Crippen LogP contribution in [0.5, 0.6) is 0 Å². The third-order valence-electron chi connectivity index (χ3n) is 7.62. The molecule has 0 aromatic heterocycles. The fourth-order valence-electron chi connectivity index (χ4n) is 6.80. The Bertz CT molecular complexity index is 694. The molecule has 5 aliphatic rings. The van der Waals surface area contributed by atoms with E-state index >= 15 is 0 Å². The number of para-hydroxylation sites is 1. The number of amides is 2. The first-order valence-corrected chi connectivity index (χ1v) is 10.2. The molecule has 4 nitrogen and oxygen atoms in total. The van der Waals surface area contributed by atoms with Crippen LogP contribution >= 0.6 is 0 Å². The summed E-state index contributed by atoms with van der Waals surface area (Å²) in [5.41, 5.74) is 1.03. The molecular weight excluding hydrogens is 324 g/mol. The van der Waals surface area contributed by atoms with Crippen molar-refractivity contribution in [1.29, 1.82) is 0 Å². The van der Waals surface area contributed by atoms with Gasteiger partial charge >= 0.3 is 0 Å². The molecule has 1 aromatic carbocycles. The van der Waals surface area contributed by atoms with Gasteiger partial charge < -0.3 is 5.32 Å². The first-order chi connectivity index (χ1) is 12.5. The molecule has 26 heavy (non-hydrogen) atoms. The van der Waals surface area contributed by atoms with Gasteiger partial charge in [-0.1, -0.05) is 18.2 Å². The first-order valence-electron chi connectivity index (χ1n) is 10.2. The molecule has 0 radical (unpaired) electrons. The van der Waals surface area contributed by atoms with Crippen molar-refractivity contribution in [2.24, 2.45) is 23.2 Å². The van der Waals surface area contributed by atoms with Crippen LogP contribution in [0.4, 0.5) is 5.69 Å². The average molecular weight is 352 g/mol. The molecule has 0 unspecified atom stereocenters. The third kappa shape index (κ3) is 2.53. The zero-order valence-corrected chi connectivity index (χ0v) is 15.5. The van der Waals surface area contributed by atoms with E-state index in [2.05, 4.69) is 12.2 Å². The van der Waals surface area contributed by atoms with Gasteiger partial charge in [0.25, 0.3) is 5.91 Å². The lowest BCUT2D eigenvalue weighted by Gasteiger charge is -2.59. The summed E-state index contributed by atoms with van der Waals surface area (Å²) in [6.07, 6.45) is 8.49. The van der Waals surface area contributed by atoms with Crippen LogP contribution in [-0.2, 0) is 9.59 Å². The Kier molecular flexibility index (Phi) is 3.75. The van der Waals surface area contributed by atoms with Crippen molar-refractivity contribution in [2.75, 3.05) is 4.90 Å². The minimum atomic E-state index is -0.370. The van der Waals surface area contributed by atoms with E-state index in [0.29, 0.717) is 17.1 Å². The van der Waals surface area contributed by atoms with Gasteiger partial charge in [0, 0.05) is 6.04 Å². The second kappa shape index (κ2) is 5.91. The predicted octanol–water partition coefficient (Wildman–Crippen LogP) is 3.51. The lowest BCUT2D eigenvalue weighted by atomic mass is 9.48. The van der Waals surface area contributed by atoms with Gasteiger partial charge in [0.1, 0.15) is 0 Å². The van der Waals surface area contributed by atoms with E-state index in [-0.39, 0.29) is 24.3 Å². The summed E-state index contributed by atoms with van der Waals surface area (Å²) in [6.45, 7) is 2.26. The highest BCUT2D eigenvalue weighted by atomic mass is 16.2. The van der Waals surface area contributed by atoms with Crippen LogP contribution in [0.15, 0.2) is 30.3 Å². The summed E-state index contributed by atoms with van der Waals surface area (Å²) in [5, 5.41) is 3.60. The van der Waals surface area contributed by atoms with Gasteiger partial charge in [0.2, 0.25) is 5.91 Å². The van der Waals surface area contributed by atoms with Crippen LogP contribution in [0.25, 0.3) is 0 Å². The number of hydrogen-bond donors (Lipinski definition) is 1. The monoisotopic (exact) mass is 352 g/mol. The topological polar surface area (TPSA) is 49.4 Å². The quantitative estimate of drug-likeness (QED) is 0.844. The van der Waals surface area contributed by atoms with Gasteiger partial charge in [-0.05, 0) is 80.8 Å². The van der Waals surface area contributed by atoms with E-state index in [1.165, 1.54) is 43.4 Å². The highest BCUT2D eigenvalue weighted by Gasteiger charge is 2.54. The van der Waals surface area contributed by atoms with Gasteiger partial charge in [-0.25, -0.2) is 4.90 Å². The highest BCUT2D eigenvalue weighted by Crippen LogP contribution is 2.61. The van der Waals surface area contributed by atoms with Crippen LogP contribution in [0.3, 0.4) is 0 Å². The normalized spacial score (nSPS) is 39.7. The van der Waals surface area contributed by atoms with Crippen molar-refractivity contribution < 1.29 is 9.59 Å². The summed E-state index contributed by atoms with van der Waals surface area (Å²) in [4.78, 5) is 26.8. The second-order valence-electron chi connectivity index (χ2n) is 9.33. The first kappa shape index (κ1) is 16.5. The maximum Gasteiger partial charge on any atom is 0.251 e. The number of benzene rings is 1. The molecule has 4 bridgehead atoms. The van der Waals surface area contributed by atoms with Crippen LogP contribution < -0.4 is 10.2 Å². The van der Waals surface area contributed by atoms with Gasteiger partial charge in [-0.3, -0.25) is 9.59 Å². The molecule has 1 saturated heterocycles. The Morgan fingerprint density at radius 2 is 1.58 bits per heavy atom. The number of anilines is 1. The largest absolute Gasteiger partial charge is 0.302 e. The van der Waals surface area contributed by atoms with Crippen LogP contribution in [0.1, 0.15) is 51.9 Å². The van der Waals surface area contributed by atoms with Gasteiger partial charge in [-0.15, -0.1) is 0 Å². The minimum Gasteiger partial charge on any atom is -0.302 e. The Labute approximate surface area is 155 Å². The van der Waals surface area contributed by atoms with E-state index in [4.69, 9.17) is 0 Å². The SMILES string of the molecule is C[C@H](N[C@@H]1CC(=O)N(c2ccccc2)C1=O)C12CC3CC(CC(C3)C1)C2. The Hall–Kier alpha value is -1.68. The molecule has 5 fully saturated rings. The summed E-state index contributed by atoms with van der Waals surface area (Å²) in [6, 6.07) is 9.24. The maximum atomic E-state index is 12.9. The Morgan fingerprint density at radius 3 is 2.15 bits per heavy atom. The fourth-order valence-corrected chi connectivity index (χ4v) is 6.80. The highest BCUT2D eigenvalue weighted by molar-refractivity contribution is 6.22. The summed E-state index contributed by atoms with van der Waals surface area (Å²) in [7, 11) is 0. The molecule has 2 atom stereocenters. The molecule has 6 rings (SSSR count). The number of hydrogen-bond acceptors (Lipinski definition) is 3. The molecule has 1 aromatic rings. The molecule has 1 heterocycles. The molecule has 0 spiro atoms. The van der Waals surface area contributed by atoms with E-state index in [9.17, 15) is 9.59 Å². The van der Waals surface area contributed by atoms with Crippen molar-refractivity contribution >= 4 is 17.5 Å². The van der Waals surface area contributed by atoms with Gasteiger partial charge in [0.15, 0.2) is 0 Å². The fraction of sp³-hybridized carbons (Fsp3) is 0.636. The summed E-state index contributed by atoms with van der Waals surface area (Å²) < 4.78 is 0. The lowest BCUT2D eigenvalue weighted by molar-refractivity contribution is -0.122. The number of rotatable bonds is 4.